The van der Waals surface area contributed by atoms with Crippen LogP contribution in [0.15, 0.2) is 60.8 Å². The van der Waals surface area contributed by atoms with Crippen LogP contribution in [0, 0.1) is 11.8 Å². The zero-order chi connectivity index (χ0) is 24.4. The van der Waals surface area contributed by atoms with Crippen molar-refractivity contribution in [3.8, 4) is 0 Å². The molecule has 6 rings (SSSR count). The van der Waals surface area contributed by atoms with E-state index in [2.05, 4.69) is 24.5 Å². The first-order valence-corrected chi connectivity index (χ1v) is 12.4. The number of nitrogens with zero attached hydrogens (tertiary/aromatic N) is 3. The van der Waals surface area contributed by atoms with Gasteiger partial charge in [-0.3, -0.25) is 9.59 Å². The van der Waals surface area contributed by atoms with Crippen LogP contribution in [0.1, 0.15) is 31.5 Å². The van der Waals surface area contributed by atoms with Gasteiger partial charge in [0, 0.05) is 59.5 Å². The molecule has 0 fully saturated rings. The van der Waals surface area contributed by atoms with Gasteiger partial charge >= 0.3 is 0 Å². The number of nitrogens with two attached hydrogens (primary N) is 1. The molecule has 0 saturated heterocycles. The van der Waals surface area contributed by atoms with Crippen LogP contribution in [0.2, 0.25) is 0 Å². The normalized spacial score (nSPS) is 19.2. The number of amides is 2. The van der Waals surface area contributed by atoms with Crippen molar-refractivity contribution in [2.75, 3.05) is 4.90 Å². The van der Waals surface area contributed by atoms with E-state index in [0.29, 0.717) is 17.4 Å². The van der Waals surface area contributed by atoms with E-state index in [1.807, 2.05) is 60.3 Å². The molecule has 35 heavy (non-hydrogen) atoms. The number of aryl methyl sites for hydroxylation is 2. The molecule has 4 aromatic rings. The van der Waals surface area contributed by atoms with Gasteiger partial charge in [0.15, 0.2) is 0 Å². The van der Waals surface area contributed by atoms with Crippen molar-refractivity contribution in [3.63, 3.8) is 0 Å². The van der Waals surface area contributed by atoms with E-state index in [1.165, 1.54) is 11.0 Å². The summed E-state index contributed by atoms with van der Waals surface area (Å²) in [6.45, 7) is 5.15. The SMILES string of the molecule is CC(C)[C@@H](N)[C@H]1CCn2c(c(N3C(=O)C=C(c4cn(C)c5ccccc45)C3=O)c3ccccc32)C1. The molecule has 178 valence electrons. The Morgan fingerprint density at radius 3 is 2.40 bits per heavy atom. The van der Waals surface area contributed by atoms with Crippen LogP contribution in [-0.4, -0.2) is 27.0 Å². The summed E-state index contributed by atoms with van der Waals surface area (Å²) in [4.78, 5) is 28.8. The highest BCUT2D eigenvalue weighted by molar-refractivity contribution is 6.45. The molecule has 0 aliphatic carbocycles. The summed E-state index contributed by atoms with van der Waals surface area (Å²) in [5.41, 5.74) is 11.7. The molecule has 2 N–H and O–H groups in total. The Morgan fingerprint density at radius 1 is 0.971 bits per heavy atom. The predicted molar refractivity (Wildman–Crippen MR) is 140 cm³/mol. The Morgan fingerprint density at radius 2 is 1.66 bits per heavy atom. The van der Waals surface area contributed by atoms with Crippen LogP contribution < -0.4 is 10.6 Å². The maximum atomic E-state index is 13.9. The summed E-state index contributed by atoms with van der Waals surface area (Å²) in [6, 6.07) is 16.1. The first-order chi connectivity index (χ1) is 16.9. The molecule has 0 saturated carbocycles. The van der Waals surface area contributed by atoms with Gasteiger partial charge in [-0.2, -0.15) is 0 Å². The van der Waals surface area contributed by atoms with E-state index in [0.717, 1.165) is 58.1 Å². The fourth-order valence-corrected chi connectivity index (χ4v) is 6.00. The Kier molecular flexibility index (Phi) is 4.97. The highest BCUT2D eigenvalue weighted by atomic mass is 16.2. The number of anilines is 1. The number of imide groups is 1. The van der Waals surface area contributed by atoms with Gasteiger partial charge in [-0.25, -0.2) is 4.90 Å². The molecule has 6 nitrogen and oxygen atoms in total. The van der Waals surface area contributed by atoms with Gasteiger partial charge in [-0.05, 0) is 36.8 Å². The second kappa shape index (κ2) is 7.95. The molecule has 0 bridgehead atoms. The minimum atomic E-state index is -0.285. The largest absolute Gasteiger partial charge is 0.350 e. The number of carbonyl (C=O) groups excluding carboxylic acids is 2. The monoisotopic (exact) mass is 466 g/mol. The summed E-state index contributed by atoms with van der Waals surface area (Å²) in [5, 5.41) is 1.91. The Hall–Kier alpha value is -3.64. The lowest BCUT2D eigenvalue weighted by Gasteiger charge is -2.32. The Bertz CT molecular complexity index is 1540. The van der Waals surface area contributed by atoms with Gasteiger partial charge in [0.1, 0.15) is 0 Å². The van der Waals surface area contributed by atoms with Crippen molar-refractivity contribution in [1.82, 2.24) is 9.13 Å². The lowest BCUT2D eigenvalue weighted by molar-refractivity contribution is -0.119. The first-order valence-electron chi connectivity index (χ1n) is 12.4. The molecule has 2 aliphatic heterocycles. The smallest absolute Gasteiger partial charge is 0.266 e. The van der Waals surface area contributed by atoms with Crippen LogP contribution in [0.25, 0.3) is 27.4 Å². The maximum absolute atomic E-state index is 13.9. The van der Waals surface area contributed by atoms with E-state index in [4.69, 9.17) is 5.73 Å². The minimum Gasteiger partial charge on any atom is -0.350 e. The number of benzene rings is 2. The summed E-state index contributed by atoms with van der Waals surface area (Å²) in [5.74, 6) is 0.131. The molecule has 2 amide bonds. The van der Waals surface area contributed by atoms with Gasteiger partial charge < -0.3 is 14.9 Å². The number of aromatic nitrogens is 2. The fourth-order valence-electron chi connectivity index (χ4n) is 6.00. The third-order valence-corrected chi connectivity index (χ3v) is 7.87. The molecule has 4 heterocycles. The second-order valence-corrected chi connectivity index (χ2v) is 10.2. The van der Waals surface area contributed by atoms with Crippen LogP contribution in [0.4, 0.5) is 5.69 Å². The van der Waals surface area contributed by atoms with Crippen molar-refractivity contribution in [1.29, 1.82) is 0 Å². The van der Waals surface area contributed by atoms with Gasteiger partial charge in [-0.1, -0.05) is 50.2 Å². The maximum Gasteiger partial charge on any atom is 0.266 e. The van der Waals surface area contributed by atoms with Crippen LogP contribution >= 0.6 is 0 Å². The number of hydrogen-bond acceptors (Lipinski definition) is 3. The topological polar surface area (TPSA) is 73.3 Å². The molecular weight excluding hydrogens is 436 g/mol. The molecule has 2 aliphatic rings. The number of fused-ring (bicyclic) bond motifs is 4. The third kappa shape index (κ3) is 3.20. The average Bonchev–Trinajstić information content (AvgIpc) is 3.47. The first kappa shape index (κ1) is 21.9. The fraction of sp³-hybridized carbons (Fsp3) is 0.310. The average molecular weight is 467 g/mol. The predicted octanol–water partition coefficient (Wildman–Crippen LogP) is 4.64. The quantitative estimate of drug-likeness (QED) is 0.446. The number of rotatable bonds is 4. The highest BCUT2D eigenvalue weighted by Gasteiger charge is 2.39. The van der Waals surface area contributed by atoms with E-state index in [9.17, 15) is 9.59 Å². The second-order valence-electron chi connectivity index (χ2n) is 10.2. The summed E-state index contributed by atoms with van der Waals surface area (Å²) in [6.07, 6.45) is 5.19. The van der Waals surface area contributed by atoms with Crippen molar-refractivity contribution >= 4 is 44.9 Å². The van der Waals surface area contributed by atoms with Gasteiger partial charge in [0.05, 0.1) is 16.8 Å². The summed E-state index contributed by atoms with van der Waals surface area (Å²) >= 11 is 0. The molecule has 2 aromatic heterocycles. The van der Waals surface area contributed by atoms with Crippen molar-refractivity contribution in [2.24, 2.45) is 24.6 Å². The van der Waals surface area contributed by atoms with E-state index >= 15 is 0 Å². The highest BCUT2D eigenvalue weighted by Crippen LogP contribution is 2.43. The molecule has 2 atom stereocenters. The number of para-hydroxylation sites is 2. The van der Waals surface area contributed by atoms with E-state index < -0.39 is 0 Å². The summed E-state index contributed by atoms with van der Waals surface area (Å²) in [7, 11) is 1.96. The van der Waals surface area contributed by atoms with E-state index in [1.54, 1.807) is 0 Å². The number of carbonyl (C=O) groups is 2. The third-order valence-electron chi connectivity index (χ3n) is 7.87. The molecule has 0 unspecified atom stereocenters. The lowest BCUT2D eigenvalue weighted by atomic mass is 9.83. The van der Waals surface area contributed by atoms with Crippen LogP contribution in [-0.2, 0) is 29.6 Å². The zero-order valence-corrected chi connectivity index (χ0v) is 20.4. The Labute approximate surface area is 204 Å². The zero-order valence-electron chi connectivity index (χ0n) is 20.4. The van der Waals surface area contributed by atoms with Crippen molar-refractivity contribution in [2.45, 2.75) is 39.3 Å². The minimum absolute atomic E-state index is 0.0731. The van der Waals surface area contributed by atoms with Crippen LogP contribution in [0.5, 0.6) is 0 Å². The number of hydrogen-bond donors (Lipinski definition) is 1. The molecule has 6 heteroatoms. The van der Waals surface area contributed by atoms with Crippen molar-refractivity contribution < 1.29 is 9.59 Å². The molecule has 0 radical (unpaired) electrons. The van der Waals surface area contributed by atoms with Gasteiger partial charge in [0.2, 0.25) is 0 Å². The summed E-state index contributed by atoms with van der Waals surface area (Å²) < 4.78 is 4.28. The lowest BCUT2D eigenvalue weighted by Crippen LogP contribution is -2.40. The standard InChI is InChI=1S/C29H30N4O2/c1-17(2)27(30)18-12-13-32-24-11-7-5-9-20(24)28(25(32)14-18)33-26(34)15-21(29(33)35)22-16-31(3)23-10-6-4-8-19(22)23/h4-11,15-18,27H,12-14,30H2,1-3H3/t18-,27+/m0/s1. The van der Waals surface area contributed by atoms with Gasteiger partial charge in [-0.15, -0.1) is 0 Å². The molecule has 0 spiro atoms. The molecule has 2 aromatic carbocycles. The van der Waals surface area contributed by atoms with Gasteiger partial charge in [0.25, 0.3) is 11.8 Å². The van der Waals surface area contributed by atoms with Crippen LogP contribution in [0.3, 0.4) is 0 Å². The van der Waals surface area contributed by atoms with Crippen molar-refractivity contribution in [3.05, 3.63) is 72.1 Å². The molecular formula is C29H30N4O2. The van der Waals surface area contributed by atoms with E-state index in [-0.39, 0.29) is 17.9 Å². The Balaban J connectivity index is 1.48.